The number of carbonyl (C=O) groups is 1. The monoisotopic (exact) mass is 267 g/mol. The quantitative estimate of drug-likeness (QED) is 0.910. The minimum absolute atomic E-state index is 0.0113. The van der Waals surface area contributed by atoms with E-state index in [1.165, 1.54) is 5.56 Å². The first-order chi connectivity index (χ1) is 9.74. The highest BCUT2D eigenvalue weighted by atomic mass is 16.2. The van der Waals surface area contributed by atoms with Crippen LogP contribution in [0.15, 0.2) is 36.5 Å². The van der Waals surface area contributed by atoms with Gasteiger partial charge in [-0.1, -0.05) is 24.3 Å². The fourth-order valence-electron chi connectivity index (χ4n) is 2.73. The molecule has 0 aliphatic heterocycles. The Bertz CT molecular complexity index is 639. The van der Waals surface area contributed by atoms with Crippen molar-refractivity contribution in [3.63, 3.8) is 0 Å². The molecule has 1 aliphatic rings. The smallest absolute Gasteiger partial charge is 0.234 e. The Morgan fingerprint density at radius 3 is 3.00 bits per heavy atom. The number of hydrogen-bond donors (Lipinski definition) is 1. The maximum atomic E-state index is 12.5. The molecule has 1 heterocycles. The molecule has 0 saturated carbocycles. The minimum Gasteiger partial charge on any atom is -0.294 e. The van der Waals surface area contributed by atoms with Gasteiger partial charge in [-0.05, 0) is 43.4 Å². The first-order valence-corrected chi connectivity index (χ1v) is 6.92. The summed E-state index contributed by atoms with van der Waals surface area (Å²) in [4.78, 5) is 20.8. The number of nitrogens with zero attached hydrogens (tertiary/aromatic N) is 2. The van der Waals surface area contributed by atoms with Crippen LogP contribution in [0.25, 0.3) is 0 Å². The van der Waals surface area contributed by atoms with Crippen LogP contribution in [0.2, 0.25) is 0 Å². The number of anilines is 1. The summed E-state index contributed by atoms with van der Waals surface area (Å²) in [7, 11) is 0. The van der Waals surface area contributed by atoms with Gasteiger partial charge in [0, 0.05) is 11.9 Å². The molecule has 0 radical (unpaired) electrons. The van der Waals surface area contributed by atoms with Gasteiger partial charge in [0.25, 0.3) is 0 Å². The topological polar surface area (TPSA) is 54.9 Å². The number of carbonyl (C=O) groups excluding carboxylic acids is 1. The van der Waals surface area contributed by atoms with Crippen LogP contribution in [0.3, 0.4) is 0 Å². The second kappa shape index (κ2) is 5.41. The van der Waals surface area contributed by atoms with Crippen LogP contribution in [0.4, 0.5) is 5.95 Å². The van der Waals surface area contributed by atoms with Gasteiger partial charge in [0.15, 0.2) is 0 Å². The highest BCUT2D eigenvalue weighted by molar-refractivity contribution is 5.94. The van der Waals surface area contributed by atoms with Crippen molar-refractivity contribution in [1.82, 2.24) is 9.97 Å². The van der Waals surface area contributed by atoms with Crippen LogP contribution in [0.5, 0.6) is 0 Å². The molecule has 0 spiro atoms. The van der Waals surface area contributed by atoms with Crippen LogP contribution in [-0.2, 0) is 11.2 Å². The standard InChI is InChI=1S/C16H17N3O/c1-11-9-10-17-16(18-11)19-15(20)14-8-4-6-12-5-2-3-7-13(12)14/h2-3,5,7,9-10,14H,4,6,8H2,1H3,(H,17,18,19,20)/t14-/m1/s1. The maximum absolute atomic E-state index is 12.5. The number of aromatic nitrogens is 2. The normalized spacial score (nSPS) is 17.4. The van der Waals surface area contributed by atoms with Crippen LogP contribution in [0, 0.1) is 6.92 Å². The Balaban J connectivity index is 1.82. The lowest BCUT2D eigenvalue weighted by Crippen LogP contribution is -2.25. The van der Waals surface area contributed by atoms with Crippen molar-refractivity contribution in [3.05, 3.63) is 53.3 Å². The third kappa shape index (κ3) is 2.54. The fourth-order valence-corrected chi connectivity index (χ4v) is 2.73. The zero-order valence-electron chi connectivity index (χ0n) is 11.5. The van der Waals surface area contributed by atoms with Crippen LogP contribution < -0.4 is 5.32 Å². The molecule has 4 heteroatoms. The summed E-state index contributed by atoms with van der Waals surface area (Å²) < 4.78 is 0. The van der Waals surface area contributed by atoms with Gasteiger partial charge in [-0.3, -0.25) is 10.1 Å². The molecule has 4 nitrogen and oxygen atoms in total. The van der Waals surface area contributed by atoms with Crippen molar-refractivity contribution in [1.29, 1.82) is 0 Å². The number of amides is 1. The lowest BCUT2D eigenvalue weighted by atomic mass is 9.82. The number of benzene rings is 1. The summed E-state index contributed by atoms with van der Waals surface area (Å²) in [5, 5.41) is 2.83. The third-order valence-corrected chi connectivity index (χ3v) is 3.72. The molecule has 20 heavy (non-hydrogen) atoms. The summed E-state index contributed by atoms with van der Waals surface area (Å²) in [5.74, 6) is 0.282. The van der Waals surface area contributed by atoms with E-state index >= 15 is 0 Å². The highest BCUT2D eigenvalue weighted by Gasteiger charge is 2.26. The zero-order valence-corrected chi connectivity index (χ0v) is 11.5. The summed E-state index contributed by atoms with van der Waals surface area (Å²) in [6, 6.07) is 10.00. The van der Waals surface area contributed by atoms with Gasteiger partial charge in [-0.25, -0.2) is 9.97 Å². The number of nitrogens with one attached hydrogen (secondary N) is 1. The summed E-state index contributed by atoms with van der Waals surface area (Å²) in [6.07, 6.45) is 4.64. The maximum Gasteiger partial charge on any atom is 0.234 e. The molecule has 0 bridgehead atoms. The minimum atomic E-state index is -0.0935. The van der Waals surface area contributed by atoms with Gasteiger partial charge in [0.2, 0.25) is 11.9 Å². The highest BCUT2D eigenvalue weighted by Crippen LogP contribution is 2.32. The van der Waals surface area contributed by atoms with Crippen molar-refractivity contribution >= 4 is 11.9 Å². The number of fused-ring (bicyclic) bond motifs is 1. The first kappa shape index (κ1) is 12.8. The van der Waals surface area contributed by atoms with E-state index in [1.54, 1.807) is 6.20 Å². The molecule has 1 aliphatic carbocycles. The van der Waals surface area contributed by atoms with Crippen LogP contribution in [0.1, 0.15) is 35.6 Å². The Morgan fingerprint density at radius 1 is 1.30 bits per heavy atom. The van der Waals surface area contributed by atoms with Crippen molar-refractivity contribution in [2.45, 2.75) is 32.1 Å². The molecule has 0 saturated heterocycles. The summed E-state index contributed by atoms with van der Waals surface area (Å²) in [5.41, 5.74) is 3.27. The van der Waals surface area contributed by atoms with E-state index in [4.69, 9.17) is 0 Å². The van der Waals surface area contributed by atoms with Crippen molar-refractivity contribution < 1.29 is 4.79 Å². The van der Waals surface area contributed by atoms with Crippen molar-refractivity contribution in [2.24, 2.45) is 0 Å². The van der Waals surface area contributed by atoms with Gasteiger partial charge in [-0.15, -0.1) is 0 Å². The van der Waals surface area contributed by atoms with Gasteiger partial charge < -0.3 is 0 Å². The second-order valence-electron chi connectivity index (χ2n) is 5.15. The van der Waals surface area contributed by atoms with E-state index in [1.807, 2.05) is 25.1 Å². The molecular formula is C16H17N3O. The molecule has 2 aromatic rings. The van der Waals surface area contributed by atoms with Gasteiger partial charge in [-0.2, -0.15) is 0 Å². The average Bonchev–Trinajstić information content (AvgIpc) is 2.46. The summed E-state index contributed by atoms with van der Waals surface area (Å²) >= 11 is 0. The molecule has 1 amide bonds. The Labute approximate surface area is 118 Å². The van der Waals surface area contributed by atoms with E-state index in [0.717, 1.165) is 30.5 Å². The van der Waals surface area contributed by atoms with E-state index in [9.17, 15) is 4.79 Å². The molecule has 102 valence electrons. The van der Waals surface area contributed by atoms with Crippen LogP contribution in [-0.4, -0.2) is 15.9 Å². The zero-order chi connectivity index (χ0) is 13.9. The van der Waals surface area contributed by atoms with E-state index < -0.39 is 0 Å². The fraction of sp³-hybridized carbons (Fsp3) is 0.312. The molecular weight excluding hydrogens is 250 g/mol. The first-order valence-electron chi connectivity index (χ1n) is 6.92. The molecule has 0 unspecified atom stereocenters. The van der Waals surface area contributed by atoms with Crippen LogP contribution >= 0.6 is 0 Å². The van der Waals surface area contributed by atoms with Crippen molar-refractivity contribution in [2.75, 3.05) is 5.32 Å². The van der Waals surface area contributed by atoms with E-state index in [-0.39, 0.29) is 11.8 Å². The molecule has 0 fully saturated rings. The molecule has 3 rings (SSSR count). The third-order valence-electron chi connectivity index (χ3n) is 3.72. The molecule has 1 atom stereocenters. The molecule has 1 N–H and O–H groups in total. The van der Waals surface area contributed by atoms with Crippen molar-refractivity contribution in [3.8, 4) is 0 Å². The predicted octanol–water partition coefficient (Wildman–Crippen LogP) is 2.84. The van der Waals surface area contributed by atoms with Gasteiger partial charge in [0.05, 0.1) is 5.92 Å². The largest absolute Gasteiger partial charge is 0.294 e. The Hall–Kier alpha value is -2.23. The number of aryl methyl sites for hydroxylation is 2. The van der Waals surface area contributed by atoms with Gasteiger partial charge in [0.1, 0.15) is 0 Å². The molecule has 1 aromatic carbocycles. The Kier molecular flexibility index (Phi) is 3.46. The van der Waals surface area contributed by atoms with E-state index in [0.29, 0.717) is 5.95 Å². The lowest BCUT2D eigenvalue weighted by molar-refractivity contribution is -0.117. The predicted molar refractivity (Wildman–Crippen MR) is 77.5 cm³/mol. The molecule has 1 aromatic heterocycles. The number of rotatable bonds is 2. The summed E-state index contributed by atoms with van der Waals surface area (Å²) in [6.45, 7) is 1.88. The van der Waals surface area contributed by atoms with Gasteiger partial charge >= 0.3 is 0 Å². The Morgan fingerprint density at radius 2 is 2.15 bits per heavy atom. The SMILES string of the molecule is Cc1ccnc(NC(=O)[C@@H]2CCCc3ccccc32)n1. The number of hydrogen-bond acceptors (Lipinski definition) is 3. The second-order valence-corrected chi connectivity index (χ2v) is 5.15. The average molecular weight is 267 g/mol. The lowest BCUT2D eigenvalue weighted by Gasteiger charge is -2.24. The van der Waals surface area contributed by atoms with E-state index in [2.05, 4.69) is 27.4 Å².